The van der Waals surface area contributed by atoms with Gasteiger partial charge in [0.15, 0.2) is 0 Å². The normalized spacial score (nSPS) is 10.3. The van der Waals surface area contributed by atoms with Gasteiger partial charge in [-0.25, -0.2) is 0 Å². The molecule has 1 aromatic heterocycles. The van der Waals surface area contributed by atoms with Crippen molar-refractivity contribution < 1.29 is 14.3 Å². The lowest BCUT2D eigenvalue weighted by Gasteiger charge is -2.22. The van der Waals surface area contributed by atoms with Crippen molar-refractivity contribution in [1.29, 1.82) is 0 Å². The van der Waals surface area contributed by atoms with Gasteiger partial charge in [0.25, 0.3) is 5.91 Å². The van der Waals surface area contributed by atoms with Crippen molar-refractivity contribution in [3.63, 3.8) is 0 Å². The van der Waals surface area contributed by atoms with Crippen LogP contribution < -0.4 is 10.1 Å². The molecule has 0 spiro atoms. The summed E-state index contributed by atoms with van der Waals surface area (Å²) in [6, 6.07) is 10.8. The quantitative estimate of drug-likeness (QED) is 0.699. The summed E-state index contributed by atoms with van der Waals surface area (Å²) in [6.07, 6.45) is 5.10. The number of aromatic nitrogens is 1. The molecule has 0 atom stereocenters. The molecule has 6 heteroatoms. The molecule has 6 nitrogen and oxygen atoms in total. The van der Waals surface area contributed by atoms with E-state index in [1.54, 1.807) is 35.5 Å². The second-order valence-electron chi connectivity index (χ2n) is 6.25. The smallest absolute Gasteiger partial charge is 0.254 e. The Hall–Kier alpha value is -2.89. The number of carbonyl (C=O) groups is 2. The van der Waals surface area contributed by atoms with E-state index >= 15 is 0 Å². The van der Waals surface area contributed by atoms with Crippen molar-refractivity contribution >= 4 is 11.8 Å². The van der Waals surface area contributed by atoms with Crippen LogP contribution in [0.25, 0.3) is 0 Å². The maximum atomic E-state index is 12.9. The molecule has 1 heterocycles. The van der Waals surface area contributed by atoms with Gasteiger partial charge in [-0.05, 0) is 37.1 Å². The fourth-order valence-corrected chi connectivity index (χ4v) is 2.57. The van der Waals surface area contributed by atoms with Crippen molar-refractivity contribution in [2.24, 2.45) is 0 Å². The van der Waals surface area contributed by atoms with Crippen LogP contribution in [-0.4, -0.2) is 41.3 Å². The Morgan fingerprint density at radius 2 is 2.00 bits per heavy atom. The van der Waals surface area contributed by atoms with Crippen LogP contribution in [0.5, 0.6) is 5.75 Å². The van der Waals surface area contributed by atoms with E-state index in [9.17, 15) is 9.59 Å². The Morgan fingerprint density at radius 3 is 2.70 bits per heavy atom. The summed E-state index contributed by atoms with van der Waals surface area (Å²) in [5.41, 5.74) is 1.46. The minimum Gasteiger partial charge on any atom is -0.489 e. The van der Waals surface area contributed by atoms with Crippen LogP contribution in [0.2, 0.25) is 0 Å². The van der Waals surface area contributed by atoms with Gasteiger partial charge in [-0.3, -0.25) is 14.6 Å². The average Bonchev–Trinajstić information content (AvgIpc) is 2.71. The first-order chi connectivity index (χ1) is 13.1. The van der Waals surface area contributed by atoms with Crippen molar-refractivity contribution in [1.82, 2.24) is 15.2 Å². The predicted octanol–water partition coefficient (Wildman–Crippen LogP) is 3.04. The third-order valence-corrected chi connectivity index (χ3v) is 3.90. The third kappa shape index (κ3) is 6.73. The van der Waals surface area contributed by atoms with Crippen LogP contribution >= 0.6 is 0 Å². The summed E-state index contributed by atoms with van der Waals surface area (Å²) in [7, 11) is 0. The minimum atomic E-state index is -0.171. The van der Waals surface area contributed by atoms with Crippen LogP contribution in [0.4, 0.5) is 0 Å². The van der Waals surface area contributed by atoms with Crippen molar-refractivity contribution in [2.75, 3.05) is 19.6 Å². The molecule has 0 aliphatic heterocycles. The van der Waals surface area contributed by atoms with Gasteiger partial charge in [-0.2, -0.15) is 0 Å². The highest BCUT2D eigenvalue weighted by Crippen LogP contribution is 2.17. The molecule has 0 aliphatic carbocycles. The Morgan fingerprint density at radius 1 is 1.15 bits per heavy atom. The summed E-state index contributed by atoms with van der Waals surface area (Å²) in [4.78, 5) is 30.5. The van der Waals surface area contributed by atoms with Crippen molar-refractivity contribution in [3.8, 4) is 5.75 Å². The molecule has 0 aliphatic rings. The summed E-state index contributed by atoms with van der Waals surface area (Å²) in [5.74, 6) is 0.301. The summed E-state index contributed by atoms with van der Waals surface area (Å²) in [6.45, 7) is 5.56. The van der Waals surface area contributed by atoms with E-state index in [1.807, 2.05) is 32.0 Å². The van der Waals surface area contributed by atoms with Gasteiger partial charge < -0.3 is 15.0 Å². The van der Waals surface area contributed by atoms with Gasteiger partial charge in [0.2, 0.25) is 5.91 Å². The molecular formula is C21H27N3O3. The van der Waals surface area contributed by atoms with Crippen molar-refractivity contribution in [3.05, 3.63) is 59.9 Å². The van der Waals surface area contributed by atoms with Gasteiger partial charge in [-0.1, -0.05) is 26.0 Å². The molecule has 1 N–H and O–H groups in total. The number of amides is 2. The zero-order valence-electron chi connectivity index (χ0n) is 16.0. The molecule has 0 fully saturated rings. The lowest BCUT2D eigenvalue weighted by atomic mass is 10.1. The summed E-state index contributed by atoms with van der Waals surface area (Å²) in [5, 5.41) is 2.81. The van der Waals surface area contributed by atoms with Crippen molar-refractivity contribution in [2.45, 2.75) is 33.3 Å². The number of ether oxygens (including phenoxy) is 1. The maximum Gasteiger partial charge on any atom is 0.254 e. The van der Waals surface area contributed by atoms with E-state index in [2.05, 4.69) is 10.3 Å². The van der Waals surface area contributed by atoms with Gasteiger partial charge in [0.1, 0.15) is 12.4 Å². The van der Waals surface area contributed by atoms with Gasteiger partial charge in [0, 0.05) is 36.6 Å². The fourth-order valence-electron chi connectivity index (χ4n) is 2.57. The Labute approximate surface area is 160 Å². The zero-order valence-corrected chi connectivity index (χ0v) is 16.0. The van der Waals surface area contributed by atoms with Crippen LogP contribution in [0.15, 0.2) is 48.8 Å². The highest BCUT2D eigenvalue weighted by Gasteiger charge is 2.18. The van der Waals surface area contributed by atoms with E-state index in [1.165, 1.54) is 0 Å². The SMILES string of the molecule is CCCNC(=O)CN(CCC)C(=O)c1cccc(OCc2cccnc2)c1. The van der Waals surface area contributed by atoms with Crippen LogP contribution in [-0.2, 0) is 11.4 Å². The highest BCUT2D eigenvalue weighted by molar-refractivity contribution is 5.96. The molecule has 144 valence electrons. The second kappa shape index (κ2) is 11.0. The topological polar surface area (TPSA) is 71.5 Å². The zero-order chi connectivity index (χ0) is 19.5. The first kappa shape index (κ1) is 20.4. The number of hydrogen-bond donors (Lipinski definition) is 1. The molecule has 2 rings (SSSR count). The molecule has 2 amide bonds. The molecule has 0 saturated carbocycles. The number of nitrogens with one attached hydrogen (secondary N) is 1. The van der Waals surface area contributed by atoms with E-state index in [0.717, 1.165) is 18.4 Å². The number of nitrogens with zero attached hydrogens (tertiary/aromatic N) is 2. The lowest BCUT2D eigenvalue weighted by molar-refractivity contribution is -0.121. The first-order valence-electron chi connectivity index (χ1n) is 9.31. The second-order valence-corrected chi connectivity index (χ2v) is 6.25. The number of hydrogen-bond acceptors (Lipinski definition) is 4. The third-order valence-electron chi connectivity index (χ3n) is 3.90. The first-order valence-corrected chi connectivity index (χ1v) is 9.31. The van der Waals surface area contributed by atoms with Gasteiger partial charge >= 0.3 is 0 Å². The van der Waals surface area contributed by atoms with E-state index in [-0.39, 0.29) is 18.4 Å². The number of benzene rings is 1. The molecule has 1 aromatic carbocycles. The predicted molar refractivity (Wildman–Crippen MR) is 105 cm³/mol. The standard InChI is InChI=1S/C21H27N3O3/c1-3-10-23-20(25)15-24(12-4-2)21(26)18-8-5-9-19(13-18)27-16-17-7-6-11-22-14-17/h5-9,11,13-14H,3-4,10,12,15-16H2,1-2H3,(H,23,25). The average molecular weight is 369 g/mol. The maximum absolute atomic E-state index is 12.9. The number of carbonyl (C=O) groups excluding carboxylic acids is 2. The number of pyridine rings is 1. The molecule has 0 bridgehead atoms. The van der Waals surface area contributed by atoms with E-state index in [4.69, 9.17) is 4.74 Å². The molecular weight excluding hydrogens is 342 g/mol. The van der Waals surface area contributed by atoms with Gasteiger partial charge in [0.05, 0.1) is 6.54 Å². The Bertz CT molecular complexity index is 734. The molecule has 0 saturated heterocycles. The summed E-state index contributed by atoms with van der Waals surface area (Å²) < 4.78 is 5.77. The molecule has 0 unspecified atom stereocenters. The van der Waals surface area contributed by atoms with Crippen LogP contribution in [0.3, 0.4) is 0 Å². The highest BCUT2D eigenvalue weighted by atomic mass is 16.5. The molecule has 27 heavy (non-hydrogen) atoms. The minimum absolute atomic E-state index is 0.0629. The van der Waals surface area contributed by atoms with Gasteiger partial charge in [-0.15, -0.1) is 0 Å². The Kier molecular flexibility index (Phi) is 8.29. The molecule has 2 aromatic rings. The monoisotopic (exact) mass is 369 g/mol. The summed E-state index contributed by atoms with van der Waals surface area (Å²) >= 11 is 0. The fraction of sp³-hybridized carbons (Fsp3) is 0.381. The van der Waals surface area contributed by atoms with E-state index in [0.29, 0.717) is 31.0 Å². The van der Waals surface area contributed by atoms with Crippen LogP contribution in [0.1, 0.15) is 42.6 Å². The largest absolute Gasteiger partial charge is 0.489 e. The Balaban J connectivity index is 2.03. The lowest BCUT2D eigenvalue weighted by Crippen LogP contribution is -2.41. The number of rotatable bonds is 10. The molecule has 0 radical (unpaired) electrons. The van der Waals surface area contributed by atoms with E-state index < -0.39 is 0 Å². The van der Waals surface area contributed by atoms with Crippen LogP contribution in [0, 0.1) is 0 Å².